The van der Waals surface area contributed by atoms with Crippen LogP contribution in [-0.2, 0) is 73.6 Å². The van der Waals surface area contributed by atoms with Crippen molar-refractivity contribution in [2.24, 2.45) is 0 Å². The number of anilines is 6. The minimum absolute atomic E-state index is 0.0526. The quantitative estimate of drug-likeness (QED) is 0.0241. The van der Waals surface area contributed by atoms with E-state index in [1.807, 2.05) is 27.7 Å². The lowest BCUT2D eigenvalue weighted by Crippen LogP contribution is -2.28. The molecule has 0 radical (unpaired) electrons. The van der Waals surface area contributed by atoms with Crippen LogP contribution in [0.4, 0.5) is 35.2 Å². The Bertz CT molecular complexity index is 3790. The number of benzene rings is 4. The van der Waals surface area contributed by atoms with Crippen LogP contribution < -0.4 is 20.4 Å². The van der Waals surface area contributed by atoms with E-state index in [1.54, 1.807) is 9.80 Å². The summed E-state index contributed by atoms with van der Waals surface area (Å²) in [6, 6.07) is 11.8. The van der Waals surface area contributed by atoms with E-state index < -0.39 is 102 Å². The van der Waals surface area contributed by atoms with E-state index >= 15 is 0 Å². The van der Waals surface area contributed by atoms with Crippen molar-refractivity contribution >= 4 is 108 Å². The Hall–Kier alpha value is -6.70. The second-order valence-corrected chi connectivity index (χ2v) is 26.0. The zero-order chi connectivity index (χ0) is 59.2. The summed E-state index contributed by atoms with van der Waals surface area (Å²) in [4.78, 5) is 25.7. The van der Waals surface area contributed by atoms with Gasteiger partial charge in [-0.05, 0) is 103 Å². The maximum atomic E-state index is 12.9. The van der Waals surface area contributed by atoms with Gasteiger partial charge in [0.2, 0.25) is 23.8 Å². The Morgan fingerprint density at radius 3 is 1.31 bits per heavy atom. The van der Waals surface area contributed by atoms with Crippen molar-refractivity contribution < 1.29 is 77.8 Å². The maximum absolute atomic E-state index is 12.9. The van der Waals surface area contributed by atoms with Gasteiger partial charge in [-0.25, -0.2) is 0 Å². The van der Waals surface area contributed by atoms with Crippen LogP contribution in [0.1, 0.15) is 87.3 Å². The Morgan fingerprint density at radius 2 is 0.850 bits per heavy atom. The summed E-state index contributed by atoms with van der Waals surface area (Å²) in [5.74, 6) is -0.741. The summed E-state index contributed by atoms with van der Waals surface area (Å²) in [6.45, 7) is 9.20. The second-order valence-electron chi connectivity index (χ2n) is 17.6. The SMILES string of the molecule is CCCN(CCC)c1nc(Cc2cc(S(=O)(=O)O)ccc2S(=O)(=O)O)nc(Nc2ccc(/C=C/c3ccc(Cc4nc(Nc5cc(S(=O)(=O)O)ccc5S(=O)(=O)O)nc(N(CCC)CCC)n4)cc3S(=O)(=O)O)c(S(=O)(=O)O)c2)n1. The molecule has 432 valence electrons. The molecule has 0 aliphatic rings. The molecule has 8 N–H and O–H groups in total. The molecular formula is C46H54N10O18S6. The van der Waals surface area contributed by atoms with Gasteiger partial charge in [0.15, 0.2) is 0 Å². The molecule has 4 aromatic carbocycles. The summed E-state index contributed by atoms with van der Waals surface area (Å²) >= 11 is 0. The van der Waals surface area contributed by atoms with Gasteiger partial charge in [0.05, 0.1) is 20.4 Å². The minimum atomic E-state index is -5.09. The number of hydrogen-bond acceptors (Lipinski definition) is 22. The molecule has 0 atom stereocenters. The molecule has 28 nitrogen and oxygen atoms in total. The molecule has 34 heteroatoms. The number of rotatable bonds is 26. The van der Waals surface area contributed by atoms with E-state index in [-0.39, 0.29) is 69.8 Å². The molecule has 0 spiro atoms. The first-order valence-corrected chi connectivity index (χ1v) is 32.5. The highest BCUT2D eigenvalue weighted by Gasteiger charge is 2.26. The molecule has 0 fully saturated rings. The monoisotopic (exact) mass is 1230 g/mol. The summed E-state index contributed by atoms with van der Waals surface area (Å²) in [5, 5.41) is 5.39. The van der Waals surface area contributed by atoms with Crippen LogP contribution in [0.2, 0.25) is 0 Å². The Labute approximate surface area is 462 Å². The van der Waals surface area contributed by atoms with Crippen LogP contribution >= 0.6 is 0 Å². The summed E-state index contributed by atoms with van der Waals surface area (Å²) in [7, 11) is -29.9. The highest BCUT2D eigenvalue weighted by atomic mass is 32.2. The number of nitrogens with one attached hydrogen (secondary N) is 2. The number of aromatic nitrogens is 6. The first-order valence-electron chi connectivity index (χ1n) is 23.8. The molecule has 0 aliphatic carbocycles. The molecule has 6 rings (SSSR count). The molecular weight excluding hydrogens is 1170 g/mol. The third-order valence-corrected chi connectivity index (χ3v) is 16.7. The standard InChI is InChI=1S/C46H54N10O18S6/c1-5-19-55(20-6-2)45-51-41(49-44(54-45)48-36-28-35(76(60,61)62)16-18-38(36)78(66,67)68)24-29-9-10-30(39(23-29)79(69,70)71)11-12-31-13-14-33(27-40(31)80(72,73)74)47-43-50-42(52-46(53-43)56(21-7-3)22-8-4)26-32-25-34(75(57,58)59)15-17-37(32)77(63,64)65/h9-18,23,25,27-28H,5-8,19-22,24,26H2,1-4H3,(H,57,58,59)(H,60,61,62)(H,63,64,65)(H,66,67,68)(H,69,70,71)(H,72,73,74)(H,47,50,52,53)(H,48,49,51,54)/b12-11+. The van der Waals surface area contributed by atoms with E-state index in [4.69, 9.17) is 0 Å². The fourth-order valence-corrected chi connectivity index (χ4v) is 11.8. The summed E-state index contributed by atoms with van der Waals surface area (Å²) in [5.41, 5.74) is -1.14. The van der Waals surface area contributed by atoms with Gasteiger partial charge in [-0.1, -0.05) is 58.0 Å². The normalized spacial score (nSPS) is 12.7. The Kier molecular flexibility index (Phi) is 19.5. The van der Waals surface area contributed by atoms with Gasteiger partial charge in [0.1, 0.15) is 26.3 Å². The van der Waals surface area contributed by atoms with Gasteiger partial charge >= 0.3 is 0 Å². The van der Waals surface area contributed by atoms with E-state index in [0.717, 1.165) is 60.7 Å². The molecule has 0 saturated heterocycles. The van der Waals surface area contributed by atoms with Gasteiger partial charge in [0.25, 0.3) is 60.7 Å². The first kappa shape index (κ1) is 62.5. The highest BCUT2D eigenvalue weighted by Crippen LogP contribution is 2.31. The average Bonchev–Trinajstić information content (AvgIpc) is 3.34. The van der Waals surface area contributed by atoms with Crippen molar-refractivity contribution in [2.45, 2.75) is 95.6 Å². The lowest BCUT2D eigenvalue weighted by molar-refractivity contribution is 0.477. The molecule has 0 unspecified atom stereocenters. The molecule has 0 amide bonds. The highest BCUT2D eigenvalue weighted by molar-refractivity contribution is 7.87. The van der Waals surface area contributed by atoms with Gasteiger partial charge in [0, 0.05) is 44.7 Å². The predicted molar refractivity (Wildman–Crippen MR) is 291 cm³/mol. The molecule has 6 aromatic rings. The van der Waals surface area contributed by atoms with Crippen LogP contribution in [0.15, 0.2) is 102 Å². The Morgan fingerprint density at radius 1 is 0.425 bits per heavy atom. The summed E-state index contributed by atoms with van der Waals surface area (Å²) < 4.78 is 209. The smallest absolute Gasteiger partial charge is 0.296 e. The fraction of sp³-hybridized carbons (Fsp3) is 0.304. The van der Waals surface area contributed by atoms with Crippen LogP contribution in [0.25, 0.3) is 12.2 Å². The summed E-state index contributed by atoms with van der Waals surface area (Å²) in [6.07, 6.45) is 3.88. The molecule has 0 saturated carbocycles. The van der Waals surface area contributed by atoms with Crippen molar-refractivity contribution in [3.8, 4) is 0 Å². The van der Waals surface area contributed by atoms with E-state index in [1.165, 1.54) is 24.3 Å². The minimum Gasteiger partial charge on any atom is -0.341 e. The van der Waals surface area contributed by atoms with Crippen LogP contribution in [0.5, 0.6) is 0 Å². The van der Waals surface area contributed by atoms with Gasteiger partial charge in [-0.2, -0.15) is 80.4 Å². The van der Waals surface area contributed by atoms with E-state index in [9.17, 15) is 77.8 Å². The van der Waals surface area contributed by atoms with E-state index in [2.05, 4.69) is 40.5 Å². The zero-order valence-corrected chi connectivity index (χ0v) is 47.7. The predicted octanol–water partition coefficient (Wildman–Crippen LogP) is 5.63. The molecule has 80 heavy (non-hydrogen) atoms. The van der Waals surface area contributed by atoms with Crippen molar-refractivity contribution in [2.75, 3.05) is 46.6 Å². The van der Waals surface area contributed by atoms with Gasteiger partial charge in [-0.3, -0.25) is 27.3 Å². The zero-order valence-electron chi connectivity index (χ0n) is 42.8. The van der Waals surface area contributed by atoms with Gasteiger partial charge < -0.3 is 20.4 Å². The maximum Gasteiger partial charge on any atom is 0.296 e. The van der Waals surface area contributed by atoms with E-state index in [0.29, 0.717) is 51.9 Å². The number of hydrogen-bond donors (Lipinski definition) is 8. The van der Waals surface area contributed by atoms with Gasteiger partial charge in [-0.15, -0.1) is 0 Å². The lowest BCUT2D eigenvalue weighted by atomic mass is 10.1. The molecule has 2 aromatic heterocycles. The molecule has 2 heterocycles. The van der Waals surface area contributed by atoms with Crippen molar-refractivity contribution in [1.82, 2.24) is 29.9 Å². The van der Waals surface area contributed by atoms with Crippen molar-refractivity contribution in [3.63, 3.8) is 0 Å². The Balaban J connectivity index is 1.38. The van der Waals surface area contributed by atoms with Crippen molar-refractivity contribution in [3.05, 3.63) is 107 Å². The van der Waals surface area contributed by atoms with Crippen LogP contribution in [0.3, 0.4) is 0 Å². The third-order valence-electron chi connectivity index (χ3n) is 11.3. The average molecular weight is 1230 g/mol. The first-order chi connectivity index (χ1) is 37.2. The van der Waals surface area contributed by atoms with Crippen molar-refractivity contribution in [1.29, 1.82) is 0 Å². The topological polar surface area (TPSA) is 434 Å². The molecule has 0 bridgehead atoms. The second kappa shape index (κ2) is 25.0. The largest absolute Gasteiger partial charge is 0.341 e. The fourth-order valence-electron chi connectivity index (χ4n) is 7.97. The lowest BCUT2D eigenvalue weighted by Gasteiger charge is -2.22. The molecule has 0 aliphatic heterocycles. The third kappa shape index (κ3) is 16.5. The van der Waals surface area contributed by atoms with Crippen LogP contribution in [-0.4, -0.2) is 134 Å². The number of nitrogens with zero attached hydrogens (tertiary/aromatic N) is 8. The van der Waals surface area contributed by atoms with Crippen LogP contribution in [0, 0.1) is 0 Å².